The van der Waals surface area contributed by atoms with Crippen molar-refractivity contribution < 1.29 is 19.1 Å². The van der Waals surface area contributed by atoms with Gasteiger partial charge in [-0.05, 0) is 19.5 Å². The van der Waals surface area contributed by atoms with Crippen LogP contribution in [0, 0.1) is 0 Å². The van der Waals surface area contributed by atoms with Gasteiger partial charge in [-0.15, -0.1) is 0 Å². The number of benzene rings is 1. The molecule has 0 radical (unpaired) electrons. The van der Waals surface area contributed by atoms with Crippen LogP contribution in [0.15, 0.2) is 35.5 Å². The second kappa shape index (κ2) is 9.95. The van der Waals surface area contributed by atoms with Gasteiger partial charge in [0.1, 0.15) is 5.75 Å². The Bertz CT molecular complexity index is 802. The number of carbonyl (C=O) groups is 2. The molecule has 0 saturated carbocycles. The zero-order valence-electron chi connectivity index (χ0n) is 18.3. The van der Waals surface area contributed by atoms with Crippen LogP contribution in [0.2, 0.25) is 0 Å². The third-order valence-electron chi connectivity index (χ3n) is 5.81. The highest BCUT2D eigenvalue weighted by Crippen LogP contribution is 2.35. The van der Waals surface area contributed by atoms with Crippen molar-refractivity contribution >= 4 is 12.0 Å². The minimum Gasteiger partial charge on any atom is -0.496 e. The second-order valence-electron chi connectivity index (χ2n) is 7.47. The van der Waals surface area contributed by atoms with Gasteiger partial charge >= 0.3 is 12.0 Å². The third-order valence-corrected chi connectivity index (χ3v) is 5.81. The van der Waals surface area contributed by atoms with Crippen molar-refractivity contribution in [3.8, 4) is 5.75 Å². The van der Waals surface area contributed by atoms with Crippen LogP contribution in [-0.4, -0.2) is 86.7 Å². The van der Waals surface area contributed by atoms with Gasteiger partial charge < -0.3 is 19.7 Å². The summed E-state index contributed by atoms with van der Waals surface area (Å²) in [6.07, 6.45) is 0. The average molecular weight is 417 g/mol. The van der Waals surface area contributed by atoms with Gasteiger partial charge in [0.05, 0.1) is 25.3 Å². The molecular formula is C22H32N4O4. The van der Waals surface area contributed by atoms with Gasteiger partial charge in [0, 0.05) is 51.0 Å². The molecule has 0 aromatic heterocycles. The van der Waals surface area contributed by atoms with Gasteiger partial charge in [0.15, 0.2) is 0 Å². The number of carbonyl (C=O) groups excluding carboxylic acids is 2. The average Bonchev–Trinajstić information content (AvgIpc) is 2.77. The molecule has 2 aliphatic heterocycles. The Kier molecular flexibility index (Phi) is 7.33. The summed E-state index contributed by atoms with van der Waals surface area (Å²) >= 11 is 0. The highest BCUT2D eigenvalue weighted by atomic mass is 16.5. The van der Waals surface area contributed by atoms with Crippen LogP contribution >= 0.6 is 0 Å². The number of nitrogens with zero attached hydrogens (tertiary/aromatic N) is 3. The van der Waals surface area contributed by atoms with E-state index in [0.29, 0.717) is 23.6 Å². The first kappa shape index (κ1) is 22.1. The summed E-state index contributed by atoms with van der Waals surface area (Å²) in [4.78, 5) is 32.1. The van der Waals surface area contributed by atoms with Crippen molar-refractivity contribution in [2.45, 2.75) is 19.9 Å². The van der Waals surface area contributed by atoms with Crippen molar-refractivity contribution in [3.63, 3.8) is 0 Å². The number of hydrogen-bond acceptors (Lipinski definition) is 6. The zero-order chi connectivity index (χ0) is 21.7. The van der Waals surface area contributed by atoms with Crippen LogP contribution in [0.4, 0.5) is 4.79 Å². The highest BCUT2D eigenvalue weighted by Gasteiger charge is 2.38. The van der Waals surface area contributed by atoms with Crippen LogP contribution in [0.3, 0.4) is 0 Å². The van der Waals surface area contributed by atoms with Gasteiger partial charge in [0.25, 0.3) is 0 Å². The van der Waals surface area contributed by atoms with Crippen LogP contribution in [0.25, 0.3) is 0 Å². The number of likely N-dealkylation sites (N-methyl/N-ethyl adjacent to an activating group) is 2. The number of methoxy groups -OCH3 is 1. The number of hydrogen-bond donors (Lipinski definition) is 1. The minimum atomic E-state index is -0.629. The summed E-state index contributed by atoms with van der Waals surface area (Å²) in [5.41, 5.74) is 1.87. The van der Waals surface area contributed by atoms with E-state index in [1.54, 1.807) is 21.1 Å². The molecule has 3 rings (SSSR count). The Labute approximate surface area is 178 Å². The van der Waals surface area contributed by atoms with E-state index in [2.05, 4.69) is 22.0 Å². The lowest BCUT2D eigenvalue weighted by atomic mass is 9.93. The molecule has 2 heterocycles. The van der Waals surface area contributed by atoms with E-state index in [-0.39, 0.29) is 12.6 Å². The molecule has 2 aliphatic rings. The summed E-state index contributed by atoms with van der Waals surface area (Å²) in [6, 6.07) is 6.55. The second-order valence-corrected chi connectivity index (χ2v) is 7.47. The quantitative estimate of drug-likeness (QED) is 0.684. The predicted octanol–water partition coefficient (Wildman–Crippen LogP) is 1.85. The molecule has 1 atom stereocenters. The van der Waals surface area contributed by atoms with Crippen molar-refractivity contribution in [1.29, 1.82) is 0 Å². The number of urea groups is 1. The summed E-state index contributed by atoms with van der Waals surface area (Å²) in [6.45, 7) is 9.49. The molecule has 1 aromatic carbocycles. The largest absolute Gasteiger partial charge is 0.496 e. The monoisotopic (exact) mass is 416 g/mol. The zero-order valence-corrected chi connectivity index (χ0v) is 18.3. The summed E-state index contributed by atoms with van der Waals surface area (Å²) in [5.74, 6) is 0.201. The van der Waals surface area contributed by atoms with Gasteiger partial charge in [-0.3, -0.25) is 9.80 Å². The molecule has 8 heteroatoms. The van der Waals surface area contributed by atoms with Crippen LogP contribution < -0.4 is 10.1 Å². The molecule has 1 unspecified atom stereocenters. The normalized spacial score (nSPS) is 20.9. The fourth-order valence-electron chi connectivity index (χ4n) is 4.01. The molecular weight excluding hydrogens is 384 g/mol. The van der Waals surface area contributed by atoms with Crippen LogP contribution in [0.1, 0.15) is 25.5 Å². The topological polar surface area (TPSA) is 74.4 Å². The van der Waals surface area contributed by atoms with Crippen molar-refractivity contribution in [1.82, 2.24) is 20.0 Å². The highest BCUT2D eigenvalue weighted by molar-refractivity contribution is 5.95. The molecule has 30 heavy (non-hydrogen) atoms. The van der Waals surface area contributed by atoms with Crippen LogP contribution in [-0.2, 0) is 9.53 Å². The minimum absolute atomic E-state index is 0.249. The lowest BCUT2D eigenvalue weighted by molar-refractivity contribution is -0.139. The lowest BCUT2D eigenvalue weighted by Crippen LogP contribution is -2.52. The smallest absolute Gasteiger partial charge is 0.338 e. The maximum absolute atomic E-state index is 13.1. The first-order valence-electron chi connectivity index (χ1n) is 10.5. The molecule has 2 amide bonds. The van der Waals surface area contributed by atoms with E-state index in [9.17, 15) is 9.59 Å². The molecule has 8 nitrogen and oxygen atoms in total. The molecule has 164 valence electrons. The van der Waals surface area contributed by atoms with Gasteiger partial charge in [-0.1, -0.05) is 25.1 Å². The number of ether oxygens (including phenoxy) is 2. The molecule has 1 aromatic rings. The Hall–Kier alpha value is -2.58. The van der Waals surface area contributed by atoms with Gasteiger partial charge in [0.2, 0.25) is 0 Å². The number of esters is 1. The first-order chi connectivity index (χ1) is 14.5. The first-order valence-corrected chi connectivity index (χ1v) is 10.5. The summed E-state index contributed by atoms with van der Waals surface area (Å²) in [5, 5.41) is 2.95. The van der Waals surface area contributed by atoms with Crippen molar-refractivity contribution in [2.75, 3.05) is 60.0 Å². The molecule has 0 bridgehead atoms. The van der Waals surface area contributed by atoms with E-state index >= 15 is 0 Å². The van der Waals surface area contributed by atoms with E-state index in [0.717, 1.165) is 38.3 Å². The molecule has 0 spiro atoms. The summed E-state index contributed by atoms with van der Waals surface area (Å²) in [7, 11) is 3.28. The van der Waals surface area contributed by atoms with Gasteiger partial charge in [-0.2, -0.15) is 0 Å². The Morgan fingerprint density at radius 2 is 1.80 bits per heavy atom. The third kappa shape index (κ3) is 4.60. The molecule has 1 saturated heterocycles. The number of rotatable bonds is 7. The predicted molar refractivity (Wildman–Crippen MR) is 114 cm³/mol. The summed E-state index contributed by atoms with van der Waals surface area (Å²) < 4.78 is 10.9. The number of para-hydroxylation sites is 1. The Morgan fingerprint density at radius 1 is 1.13 bits per heavy atom. The number of piperazine rings is 1. The number of nitrogens with one attached hydrogen (secondary N) is 1. The lowest BCUT2D eigenvalue weighted by Gasteiger charge is -2.39. The maximum atomic E-state index is 13.1. The Balaban J connectivity index is 2.01. The van der Waals surface area contributed by atoms with E-state index in [1.807, 2.05) is 24.3 Å². The van der Waals surface area contributed by atoms with Crippen molar-refractivity contribution in [3.05, 3.63) is 41.1 Å². The SMILES string of the molecule is CCOC(=O)C1=C(CN2CCN(CC)CC2)N(C)C(=O)NC1c1ccccc1OC. The Morgan fingerprint density at radius 3 is 2.43 bits per heavy atom. The fourth-order valence-corrected chi connectivity index (χ4v) is 4.01. The molecule has 1 N–H and O–H groups in total. The standard InChI is InChI=1S/C22H32N4O4/c1-5-25-11-13-26(14-12-25)15-17-19(21(27)30-6-2)20(23-22(28)24(17)3)16-9-7-8-10-18(16)29-4/h7-10,20H,5-6,11-15H2,1-4H3,(H,23,28). The number of amides is 2. The van der Waals surface area contributed by atoms with Crippen LogP contribution in [0.5, 0.6) is 5.75 Å². The van der Waals surface area contributed by atoms with E-state index in [1.165, 1.54) is 4.90 Å². The molecule has 0 aliphatic carbocycles. The van der Waals surface area contributed by atoms with Gasteiger partial charge in [-0.25, -0.2) is 9.59 Å². The molecule has 1 fully saturated rings. The van der Waals surface area contributed by atoms with E-state index in [4.69, 9.17) is 9.47 Å². The fraction of sp³-hybridized carbons (Fsp3) is 0.545. The van der Waals surface area contributed by atoms with E-state index < -0.39 is 12.0 Å². The maximum Gasteiger partial charge on any atom is 0.338 e. The van der Waals surface area contributed by atoms with Crippen molar-refractivity contribution in [2.24, 2.45) is 0 Å².